The first kappa shape index (κ1) is 13.4. The summed E-state index contributed by atoms with van der Waals surface area (Å²) in [5.74, 6) is 2.68. The van der Waals surface area contributed by atoms with Crippen LogP contribution in [0.25, 0.3) is 0 Å². The van der Waals surface area contributed by atoms with Gasteiger partial charge in [-0.25, -0.2) is 9.97 Å². The molecule has 0 bridgehead atoms. The van der Waals surface area contributed by atoms with Gasteiger partial charge in [0.05, 0.1) is 6.61 Å². The van der Waals surface area contributed by atoms with Gasteiger partial charge in [0.1, 0.15) is 16.4 Å². The quantitative estimate of drug-likeness (QED) is 0.779. The van der Waals surface area contributed by atoms with Crippen LogP contribution in [0.5, 0.6) is 0 Å². The summed E-state index contributed by atoms with van der Waals surface area (Å²) in [6.07, 6.45) is -0.0926. The van der Waals surface area contributed by atoms with Crippen molar-refractivity contribution in [2.75, 3.05) is 18.1 Å². The second-order valence-corrected chi connectivity index (χ2v) is 6.03. The van der Waals surface area contributed by atoms with E-state index >= 15 is 0 Å². The molecular formula is C11H14Cl2N2OS. The Kier molecular flexibility index (Phi) is 4.53. The highest BCUT2D eigenvalue weighted by Crippen LogP contribution is 2.32. The van der Waals surface area contributed by atoms with E-state index < -0.39 is 0 Å². The average Bonchev–Trinajstić information content (AvgIpc) is 2.28. The van der Waals surface area contributed by atoms with Crippen LogP contribution in [0.4, 0.5) is 0 Å². The molecule has 1 fully saturated rings. The lowest BCUT2D eigenvalue weighted by atomic mass is 10.1. The molecule has 1 unspecified atom stereocenters. The maximum atomic E-state index is 6.15. The molecule has 1 aliphatic heterocycles. The molecule has 0 N–H and O–H groups in total. The van der Waals surface area contributed by atoms with Crippen LogP contribution in [0, 0.1) is 0 Å². The van der Waals surface area contributed by atoms with Crippen molar-refractivity contribution in [2.45, 2.75) is 25.9 Å². The Morgan fingerprint density at radius 3 is 2.41 bits per heavy atom. The SMILES string of the molecule is CC(C)c1c(Cl)nc(C2CSCCO2)nc1Cl. The molecule has 0 saturated carbocycles. The van der Waals surface area contributed by atoms with Crippen molar-refractivity contribution in [2.24, 2.45) is 0 Å². The zero-order chi connectivity index (χ0) is 12.4. The molecule has 0 aliphatic carbocycles. The zero-order valence-electron chi connectivity index (χ0n) is 9.74. The van der Waals surface area contributed by atoms with Gasteiger partial charge in [-0.3, -0.25) is 0 Å². The number of halogens is 2. The van der Waals surface area contributed by atoms with E-state index in [0.29, 0.717) is 16.1 Å². The predicted octanol–water partition coefficient (Wildman–Crippen LogP) is 3.71. The zero-order valence-corrected chi connectivity index (χ0v) is 12.1. The number of ether oxygens (including phenoxy) is 1. The fourth-order valence-corrected chi connectivity index (χ4v) is 3.37. The summed E-state index contributed by atoms with van der Waals surface area (Å²) in [6, 6.07) is 0. The minimum Gasteiger partial charge on any atom is -0.368 e. The topological polar surface area (TPSA) is 35.0 Å². The number of hydrogen-bond donors (Lipinski definition) is 0. The number of thioether (sulfide) groups is 1. The summed E-state index contributed by atoms with van der Waals surface area (Å²) in [5.41, 5.74) is 0.806. The average molecular weight is 293 g/mol. The van der Waals surface area contributed by atoms with Crippen molar-refractivity contribution < 1.29 is 4.74 Å². The molecule has 17 heavy (non-hydrogen) atoms. The van der Waals surface area contributed by atoms with E-state index in [2.05, 4.69) is 9.97 Å². The van der Waals surface area contributed by atoms with Crippen LogP contribution in [0.2, 0.25) is 10.3 Å². The van der Waals surface area contributed by atoms with Crippen LogP contribution < -0.4 is 0 Å². The van der Waals surface area contributed by atoms with Gasteiger partial charge >= 0.3 is 0 Å². The molecule has 1 aliphatic rings. The molecule has 2 rings (SSSR count). The second-order valence-electron chi connectivity index (χ2n) is 4.17. The Balaban J connectivity index is 2.31. The Bertz CT molecular complexity index is 385. The molecule has 0 radical (unpaired) electrons. The van der Waals surface area contributed by atoms with Crippen molar-refractivity contribution in [1.82, 2.24) is 9.97 Å². The van der Waals surface area contributed by atoms with Crippen molar-refractivity contribution in [3.63, 3.8) is 0 Å². The van der Waals surface area contributed by atoms with Crippen LogP contribution >= 0.6 is 35.0 Å². The molecule has 6 heteroatoms. The van der Waals surface area contributed by atoms with Crippen LogP contribution in [-0.2, 0) is 4.74 Å². The summed E-state index contributed by atoms with van der Waals surface area (Å²) in [6.45, 7) is 4.76. The molecule has 1 saturated heterocycles. The normalized spacial score (nSPS) is 20.9. The molecule has 1 aromatic heterocycles. The Morgan fingerprint density at radius 1 is 1.29 bits per heavy atom. The van der Waals surface area contributed by atoms with Crippen molar-refractivity contribution in [3.05, 3.63) is 21.7 Å². The fraction of sp³-hybridized carbons (Fsp3) is 0.636. The highest BCUT2D eigenvalue weighted by atomic mass is 35.5. The predicted molar refractivity (Wildman–Crippen MR) is 72.2 cm³/mol. The number of hydrogen-bond acceptors (Lipinski definition) is 4. The molecule has 2 heterocycles. The third-order valence-corrected chi connectivity index (χ3v) is 4.12. The van der Waals surface area contributed by atoms with E-state index in [4.69, 9.17) is 27.9 Å². The van der Waals surface area contributed by atoms with Gasteiger partial charge < -0.3 is 4.74 Å². The van der Waals surface area contributed by atoms with E-state index in [1.165, 1.54) is 0 Å². The van der Waals surface area contributed by atoms with Crippen molar-refractivity contribution in [1.29, 1.82) is 0 Å². The monoisotopic (exact) mass is 292 g/mol. The first-order chi connectivity index (χ1) is 8.09. The third kappa shape index (κ3) is 3.05. The molecular weight excluding hydrogens is 279 g/mol. The summed E-state index contributed by atoms with van der Waals surface area (Å²) in [7, 11) is 0. The molecule has 0 amide bonds. The Labute approximate surface area is 115 Å². The van der Waals surface area contributed by atoms with E-state index in [1.807, 2.05) is 25.6 Å². The Hall–Kier alpha value is -0.0300. The summed E-state index contributed by atoms with van der Waals surface area (Å²) >= 11 is 14.1. The lowest BCUT2D eigenvalue weighted by Gasteiger charge is -2.22. The van der Waals surface area contributed by atoms with E-state index in [9.17, 15) is 0 Å². The number of nitrogens with zero attached hydrogens (tertiary/aromatic N) is 2. The van der Waals surface area contributed by atoms with Crippen molar-refractivity contribution in [3.8, 4) is 0 Å². The molecule has 0 spiro atoms. The first-order valence-corrected chi connectivity index (χ1v) is 7.43. The largest absolute Gasteiger partial charge is 0.368 e. The summed E-state index contributed by atoms with van der Waals surface area (Å²) in [5, 5.41) is 0.878. The molecule has 94 valence electrons. The number of rotatable bonds is 2. The maximum absolute atomic E-state index is 6.15. The van der Waals surface area contributed by atoms with Crippen molar-refractivity contribution >= 4 is 35.0 Å². The smallest absolute Gasteiger partial charge is 0.161 e. The van der Waals surface area contributed by atoms with Crippen LogP contribution in [0.3, 0.4) is 0 Å². The highest BCUT2D eigenvalue weighted by Gasteiger charge is 2.22. The van der Waals surface area contributed by atoms with Gasteiger partial charge in [-0.15, -0.1) is 0 Å². The second kappa shape index (κ2) is 5.74. The van der Waals surface area contributed by atoms with Gasteiger partial charge in [-0.2, -0.15) is 11.8 Å². The first-order valence-electron chi connectivity index (χ1n) is 5.51. The van der Waals surface area contributed by atoms with Crippen LogP contribution in [0.1, 0.15) is 37.3 Å². The van der Waals surface area contributed by atoms with Gasteiger partial charge in [-0.1, -0.05) is 37.0 Å². The molecule has 1 aromatic rings. The maximum Gasteiger partial charge on any atom is 0.161 e. The van der Waals surface area contributed by atoms with Gasteiger partial charge in [0.2, 0.25) is 0 Å². The van der Waals surface area contributed by atoms with Gasteiger partial charge in [0.25, 0.3) is 0 Å². The van der Waals surface area contributed by atoms with Gasteiger partial charge in [-0.05, 0) is 5.92 Å². The van der Waals surface area contributed by atoms with E-state index in [-0.39, 0.29) is 12.0 Å². The van der Waals surface area contributed by atoms with Gasteiger partial charge in [0.15, 0.2) is 5.82 Å². The third-order valence-electron chi connectivity index (χ3n) is 2.55. The standard InChI is InChI=1S/C11H14Cl2N2OS/c1-6(2)8-9(12)14-11(15-10(8)13)7-5-17-4-3-16-7/h6-7H,3-5H2,1-2H3. The van der Waals surface area contributed by atoms with Gasteiger partial charge in [0, 0.05) is 17.1 Å². The lowest BCUT2D eigenvalue weighted by molar-refractivity contribution is 0.0694. The van der Waals surface area contributed by atoms with E-state index in [0.717, 1.165) is 23.7 Å². The molecule has 3 nitrogen and oxygen atoms in total. The minimum atomic E-state index is -0.0926. The fourth-order valence-electron chi connectivity index (χ4n) is 1.69. The highest BCUT2D eigenvalue weighted by molar-refractivity contribution is 7.99. The van der Waals surface area contributed by atoms with Crippen LogP contribution in [0.15, 0.2) is 0 Å². The Morgan fingerprint density at radius 2 is 1.94 bits per heavy atom. The lowest BCUT2D eigenvalue weighted by Crippen LogP contribution is -2.18. The van der Waals surface area contributed by atoms with Crippen LogP contribution in [-0.4, -0.2) is 28.1 Å². The number of aromatic nitrogens is 2. The minimum absolute atomic E-state index is 0.0926. The molecule has 0 aromatic carbocycles. The molecule has 1 atom stereocenters. The summed E-state index contributed by atoms with van der Waals surface area (Å²) < 4.78 is 5.61. The summed E-state index contributed by atoms with van der Waals surface area (Å²) in [4.78, 5) is 8.62. The van der Waals surface area contributed by atoms with E-state index in [1.54, 1.807) is 0 Å².